The molecule has 3 aromatic rings. The third kappa shape index (κ3) is 2.29. The lowest BCUT2D eigenvalue weighted by molar-refractivity contribution is 0.101. The quantitative estimate of drug-likeness (QED) is 0.786. The molecule has 1 aliphatic rings. The number of nitrogens with one attached hydrogen (secondary N) is 1. The molecule has 0 bridgehead atoms. The summed E-state index contributed by atoms with van der Waals surface area (Å²) in [4.78, 5) is 18.0. The second-order valence-corrected chi connectivity index (χ2v) is 6.41. The Morgan fingerprint density at radius 3 is 3.00 bits per heavy atom. The molecule has 2 aromatic heterocycles. The van der Waals surface area contributed by atoms with Gasteiger partial charge in [-0.1, -0.05) is 23.5 Å². The van der Waals surface area contributed by atoms with Crippen LogP contribution < -0.4 is 10.1 Å². The zero-order valence-corrected chi connectivity index (χ0v) is 13.5. The number of nitrogens with zero attached hydrogens (tertiary/aromatic N) is 3. The van der Waals surface area contributed by atoms with E-state index >= 15 is 0 Å². The van der Waals surface area contributed by atoms with Gasteiger partial charge in [0.2, 0.25) is 0 Å². The number of ether oxygens (including phenoxy) is 1. The van der Waals surface area contributed by atoms with Gasteiger partial charge in [0.1, 0.15) is 18.1 Å². The van der Waals surface area contributed by atoms with E-state index in [4.69, 9.17) is 4.74 Å². The second-order valence-electron chi connectivity index (χ2n) is 5.33. The van der Waals surface area contributed by atoms with Crippen molar-refractivity contribution in [3.05, 3.63) is 46.6 Å². The summed E-state index contributed by atoms with van der Waals surface area (Å²) in [5.41, 5.74) is 3.21. The van der Waals surface area contributed by atoms with Gasteiger partial charge in [0.05, 0.1) is 16.8 Å². The number of hydrogen-bond donors (Lipinski definition) is 1. The highest BCUT2D eigenvalue weighted by atomic mass is 32.1. The first-order chi connectivity index (χ1) is 11.1. The molecule has 0 spiro atoms. The van der Waals surface area contributed by atoms with Crippen LogP contribution in [0.15, 0.2) is 30.5 Å². The van der Waals surface area contributed by atoms with E-state index in [0.717, 1.165) is 27.4 Å². The molecule has 0 fully saturated rings. The van der Waals surface area contributed by atoms with Crippen LogP contribution in [-0.4, -0.2) is 20.7 Å². The third-order valence-electron chi connectivity index (χ3n) is 3.76. The molecule has 0 unspecified atom stereocenters. The summed E-state index contributed by atoms with van der Waals surface area (Å²) in [6.45, 7) is 2.34. The van der Waals surface area contributed by atoms with Crippen LogP contribution in [0.1, 0.15) is 20.9 Å². The molecule has 1 aromatic carbocycles. The minimum Gasteiger partial charge on any atom is -0.487 e. The van der Waals surface area contributed by atoms with Crippen LogP contribution in [0.2, 0.25) is 0 Å². The van der Waals surface area contributed by atoms with Crippen molar-refractivity contribution in [1.29, 1.82) is 0 Å². The largest absolute Gasteiger partial charge is 0.487 e. The van der Waals surface area contributed by atoms with Crippen LogP contribution >= 0.6 is 11.3 Å². The van der Waals surface area contributed by atoms with Gasteiger partial charge in [-0.05, 0) is 24.6 Å². The van der Waals surface area contributed by atoms with Crippen molar-refractivity contribution in [2.75, 3.05) is 5.32 Å². The summed E-state index contributed by atoms with van der Waals surface area (Å²) in [5, 5.41) is 7.53. The molecule has 7 heteroatoms. The molecule has 6 nitrogen and oxygen atoms in total. The zero-order valence-electron chi connectivity index (χ0n) is 12.7. The fourth-order valence-corrected chi connectivity index (χ4v) is 3.56. The van der Waals surface area contributed by atoms with E-state index in [1.807, 2.05) is 31.2 Å². The van der Waals surface area contributed by atoms with Gasteiger partial charge in [0.15, 0.2) is 5.13 Å². The number of anilines is 1. The molecule has 4 rings (SSSR count). The Morgan fingerprint density at radius 1 is 1.39 bits per heavy atom. The molecule has 3 heterocycles. The van der Waals surface area contributed by atoms with Gasteiger partial charge in [-0.3, -0.25) is 14.8 Å². The monoisotopic (exact) mass is 326 g/mol. The maximum atomic E-state index is 12.4. The number of rotatable bonds is 2. The summed E-state index contributed by atoms with van der Waals surface area (Å²) >= 11 is 1.44. The molecule has 0 saturated heterocycles. The summed E-state index contributed by atoms with van der Waals surface area (Å²) in [6.07, 6.45) is 1.67. The Labute approximate surface area is 136 Å². The molecule has 0 aliphatic carbocycles. The first-order valence-corrected chi connectivity index (χ1v) is 7.97. The molecular formula is C16H14N4O2S. The number of carbonyl (C=O) groups is 1. The van der Waals surface area contributed by atoms with E-state index in [2.05, 4.69) is 15.4 Å². The first-order valence-electron chi connectivity index (χ1n) is 7.15. The number of carbonyl (C=O) groups excluding carboxylic acids is 1. The van der Waals surface area contributed by atoms with Crippen molar-refractivity contribution >= 4 is 22.4 Å². The normalized spacial score (nSPS) is 12.3. The lowest BCUT2D eigenvalue weighted by atomic mass is 10.1. The first kappa shape index (κ1) is 14.0. The summed E-state index contributed by atoms with van der Waals surface area (Å²) in [5.74, 6) is 0.619. The molecule has 1 amide bonds. The minimum atomic E-state index is -0.206. The van der Waals surface area contributed by atoms with Gasteiger partial charge < -0.3 is 4.74 Å². The maximum absolute atomic E-state index is 12.4. The molecule has 0 radical (unpaired) electrons. The van der Waals surface area contributed by atoms with E-state index in [1.165, 1.54) is 11.3 Å². The Morgan fingerprint density at radius 2 is 2.22 bits per heavy atom. The van der Waals surface area contributed by atoms with Crippen molar-refractivity contribution in [3.63, 3.8) is 0 Å². The van der Waals surface area contributed by atoms with Crippen molar-refractivity contribution < 1.29 is 9.53 Å². The SMILES string of the molecule is Cc1cnn(C)c1C(=O)Nc1nc2c(s1)COc1ccccc1-2. The lowest BCUT2D eigenvalue weighted by Gasteiger charge is -2.15. The molecule has 0 saturated carbocycles. The average molecular weight is 326 g/mol. The van der Waals surface area contributed by atoms with Crippen LogP contribution in [0.5, 0.6) is 5.75 Å². The number of benzene rings is 1. The van der Waals surface area contributed by atoms with Crippen molar-refractivity contribution in [1.82, 2.24) is 14.8 Å². The number of para-hydroxylation sites is 1. The number of amides is 1. The van der Waals surface area contributed by atoms with Crippen LogP contribution in [0.3, 0.4) is 0 Å². The number of hydrogen-bond acceptors (Lipinski definition) is 5. The van der Waals surface area contributed by atoms with E-state index in [-0.39, 0.29) is 5.91 Å². The molecule has 1 aliphatic heterocycles. The van der Waals surface area contributed by atoms with Crippen molar-refractivity contribution in [2.24, 2.45) is 7.05 Å². The second kappa shape index (κ2) is 5.20. The maximum Gasteiger partial charge on any atom is 0.275 e. The Balaban J connectivity index is 1.66. The third-order valence-corrected chi connectivity index (χ3v) is 4.70. The standard InChI is InChI=1S/C16H14N4O2S/c1-9-7-17-20(2)14(9)15(21)19-16-18-13-10-5-3-4-6-11(10)22-8-12(13)23-16/h3-7H,8H2,1-2H3,(H,18,19,21). The molecular weight excluding hydrogens is 312 g/mol. The van der Waals surface area contributed by atoms with Gasteiger partial charge in [0, 0.05) is 12.6 Å². The minimum absolute atomic E-state index is 0.206. The Bertz CT molecular complexity index is 893. The van der Waals surface area contributed by atoms with Crippen LogP contribution in [0, 0.1) is 6.92 Å². The van der Waals surface area contributed by atoms with E-state index < -0.39 is 0 Å². The number of thiazole rings is 1. The summed E-state index contributed by atoms with van der Waals surface area (Å²) in [7, 11) is 1.75. The van der Waals surface area contributed by atoms with Crippen LogP contribution in [-0.2, 0) is 13.7 Å². The predicted octanol–water partition coefficient (Wildman–Crippen LogP) is 3.00. The van der Waals surface area contributed by atoms with Crippen LogP contribution in [0.25, 0.3) is 11.3 Å². The molecule has 116 valence electrons. The fourth-order valence-electron chi connectivity index (χ4n) is 2.67. The number of aromatic nitrogens is 3. The zero-order chi connectivity index (χ0) is 16.0. The molecule has 1 N–H and O–H groups in total. The van der Waals surface area contributed by atoms with Crippen molar-refractivity contribution in [3.8, 4) is 17.0 Å². The number of aryl methyl sites for hydroxylation is 2. The highest BCUT2D eigenvalue weighted by Gasteiger charge is 2.23. The fraction of sp³-hybridized carbons (Fsp3) is 0.188. The summed E-state index contributed by atoms with van der Waals surface area (Å²) in [6, 6.07) is 7.79. The van der Waals surface area contributed by atoms with E-state index in [9.17, 15) is 4.79 Å². The van der Waals surface area contributed by atoms with E-state index in [0.29, 0.717) is 17.4 Å². The molecule has 23 heavy (non-hydrogen) atoms. The van der Waals surface area contributed by atoms with Gasteiger partial charge in [-0.15, -0.1) is 0 Å². The highest BCUT2D eigenvalue weighted by molar-refractivity contribution is 7.16. The predicted molar refractivity (Wildman–Crippen MR) is 87.8 cm³/mol. The van der Waals surface area contributed by atoms with Gasteiger partial charge >= 0.3 is 0 Å². The summed E-state index contributed by atoms with van der Waals surface area (Å²) < 4.78 is 7.29. The number of fused-ring (bicyclic) bond motifs is 3. The van der Waals surface area contributed by atoms with Crippen LogP contribution in [0.4, 0.5) is 5.13 Å². The van der Waals surface area contributed by atoms with Gasteiger partial charge in [-0.2, -0.15) is 5.10 Å². The smallest absolute Gasteiger partial charge is 0.275 e. The van der Waals surface area contributed by atoms with E-state index in [1.54, 1.807) is 17.9 Å². The highest BCUT2D eigenvalue weighted by Crippen LogP contribution is 2.40. The van der Waals surface area contributed by atoms with Gasteiger partial charge in [-0.25, -0.2) is 4.98 Å². The molecule has 0 atom stereocenters. The van der Waals surface area contributed by atoms with Gasteiger partial charge in [0.25, 0.3) is 5.91 Å². The lowest BCUT2D eigenvalue weighted by Crippen LogP contribution is -2.17. The Kier molecular flexibility index (Phi) is 3.16. The van der Waals surface area contributed by atoms with Crippen molar-refractivity contribution in [2.45, 2.75) is 13.5 Å². The topological polar surface area (TPSA) is 69.0 Å². The Hall–Kier alpha value is -2.67. The average Bonchev–Trinajstić information content (AvgIpc) is 3.10.